The molecule has 0 spiro atoms. The van der Waals surface area contributed by atoms with E-state index in [9.17, 15) is 0 Å². The Bertz CT molecular complexity index is 8.00. The van der Waals surface area contributed by atoms with Crippen LogP contribution in [0.5, 0.6) is 0 Å². The van der Waals surface area contributed by atoms with Crippen LogP contribution >= 0.6 is 0 Å². The molecule has 4 heavy (non-hydrogen) atoms. The van der Waals surface area contributed by atoms with E-state index in [1.165, 1.54) is 0 Å². The second-order valence-corrected chi connectivity index (χ2v) is 0. The predicted molar refractivity (Wildman–Crippen MR) is 5.75 cm³/mol. The minimum atomic E-state index is 0. The normalized spacial score (nSPS) is 0. The molecule has 0 heterocycles. The van der Waals surface area contributed by atoms with Crippen molar-refractivity contribution in [1.29, 1.82) is 0 Å². The molecule has 0 aliphatic rings. The molecule has 0 aliphatic carbocycles. The van der Waals surface area contributed by atoms with Crippen LogP contribution in [0.1, 0.15) is 0 Å². The maximum Gasteiger partial charge on any atom is 0 e. The fourth-order valence-electron chi connectivity index (χ4n) is 0. The van der Waals surface area contributed by atoms with E-state index in [4.69, 9.17) is 0 Å². The summed E-state index contributed by atoms with van der Waals surface area (Å²) in [6.45, 7) is 0. The van der Waals surface area contributed by atoms with Gasteiger partial charge in [0.25, 0.3) is 0 Å². The molecule has 0 N–H and O–H groups in total. The first-order valence-electron chi connectivity index (χ1n) is 0. The molecule has 0 aromatic rings. The van der Waals surface area contributed by atoms with Gasteiger partial charge in [0.2, 0.25) is 0 Å². The van der Waals surface area contributed by atoms with E-state index in [1.54, 1.807) is 0 Å². The Labute approximate surface area is 71.9 Å². The molecule has 0 saturated heterocycles. The third-order valence-electron chi connectivity index (χ3n) is 0. The fourth-order valence-corrected chi connectivity index (χ4v) is 0. The Balaban J connectivity index is 0. The molecule has 0 unspecified atom stereocenters. The van der Waals surface area contributed by atoms with E-state index in [1.807, 2.05) is 0 Å². The minimum absolute atomic E-state index is 0. The van der Waals surface area contributed by atoms with E-state index in [0.29, 0.717) is 0 Å². The van der Waals surface area contributed by atoms with Gasteiger partial charge in [-0.15, -0.1) is 0 Å². The monoisotopic (exact) mass is 189 g/mol. The first kappa shape index (κ1) is 33.9. The van der Waals surface area contributed by atoms with Crippen LogP contribution in [0.25, 0.3) is 0 Å². The van der Waals surface area contributed by atoms with Gasteiger partial charge in [-0.1, -0.05) is 0 Å². The van der Waals surface area contributed by atoms with Crippen molar-refractivity contribution >= 4 is 17.4 Å². The van der Waals surface area contributed by atoms with Gasteiger partial charge in [-0.2, -0.15) is 0 Å². The van der Waals surface area contributed by atoms with Gasteiger partial charge in [-0.25, -0.2) is 0 Å². The summed E-state index contributed by atoms with van der Waals surface area (Å²) >= 11 is 0. The van der Waals surface area contributed by atoms with Crippen LogP contribution in [0.2, 0.25) is 0 Å². The van der Waals surface area contributed by atoms with Crippen LogP contribution in [0.3, 0.4) is 0 Å². The second kappa shape index (κ2) is 18.7. The van der Waals surface area contributed by atoms with Crippen molar-refractivity contribution in [2.75, 3.05) is 0 Å². The molecule has 0 aliphatic heterocycles. The van der Waals surface area contributed by atoms with Gasteiger partial charge in [0.05, 0.1) is 0 Å². The Morgan fingerprint density at radius 3 is 1.00 bits per heavy atom. The minimum Gasteiger partial charge on any atom is 0 e. The summed E-state index contributed by atoms with van der Waals surface area (Å²) < 4.78 is 0. The Hall–Kier alpha value is 2.26. The van der Waals surface area contributed by atoms with Gasteiger partial charge in [-0.05, 0) is 0 Å². The van der Waals surface area contributed by atoms with Gasteiger partial charge in [0.1, 0.15) is 0 Å². The summed E-state index contributed by atoms with van der Waals surface area (Å²) in [4.78, 5) is 0. The molecule has 0 rings (SSSR count). The van der Waals surface area contributed by atoms with Crippen LogP contribution < -0.4 is 0 Å². The summed E-state index contributed by atoms with van der Waals surface area (Å²) in [5, 5.41) is 0. The SMILES string of the molecule is [Al].[Fe].[Ni].[Ti]. The van der Waals surface area contributed by atoms with E-state index in [2.05, 4.69) is 0 Å². The van der Waals surface area contributed by atoms with Crippen LogP contribution in [0.15, 0.2) is 0 Å². The smallest absolute Gasteiger partial charge is 0 e. The first-order chi connectivity index (χ1) is 0. The van der Waals surface area contributed by atoms with Crippen molar-refractivity contribution in [3.8, 4) is 0 Å². The maximum atomic E-state index is 0. The van der Waals surface area contributed by atoms with Crippen molar-refractivity contribution in [2.45, 2.75) is 0 Å². The molecule has 0 aromatic carbocycles. The maximum absolute atomic E-state index is 0. The summed E-state index contributed by atoms with van der Waals surface area (Å²) in [5.41, 5.74) is 0. The Kier molecular flexibility index (Phi) is 158. The molecule has 4 heteroatoms. The van der Waals surface area contributed by atoms with Crippen molar-refractivity contribution in [3.63, 3.8) is 0 Å². The van der Waals surface area contributed by atoms with Crippen LogP contribution in [-0.2, 0) is 55.3 Å². The number of hydrogen-bond donors (Lipinski definition) is 0. The zero-order chi connectivity index (χ0) is 0. The van der Waals surface area contributed by atoms with Gasteiger partial charge in [-0.3, -0.25) is 0 Å². The molecule has 0 bridgehead atoms. The average Bonchev–Trinajstić information content (AvgIpc) is 0. The third-order valence-corrected chi connectivity index (χ3v) is 0. The quantitative estimate of drug-likeness (QED) is 0.456. The van der Waals surface area contributed by atoms with Gasteiger partial charge in [0, 0.05) is 72.6 Å². The van der Waals surface area contributed by atoms with Gasteiger partial charge >= 0.3 is 0 Å². The standard InChI is InChI=1S/Al.Fe.Ni.Ti. The molecule has 25 valence electrons. The van der Waals surface area contributed by atoms with Crippen molar-refractivity contribution in [3.05, 3.63) is 0 Å². The Morgan fingerprint density at radius 1 is 1.00 bits per heavy atom. The van der Waals surface area contributed by atoms with E-state index in [-0.39, 0.29) is 72.6 Å². The van der Waals surface area contributed by atoms with Crippen LogP contribution in [0, 0.1) is 0 Å². The van der Waals surface area contributed by atoms with E-state index >= 15 is 0 Å². The predicted octanol–water partition coefficient (Wildman–Crippen LogP) is -0.388. The van der Waals surface area contributed by atoms with Crippen molar-refractivity contribution in [1.82, 2.24) is 0 Å². The zero-order valence-corrected chi connectivity index (χ0v) is 6.56. The van der Waals surface area contributed by atoms with Crippen LogP contribution in [0.4, 0.5) is 0 Å². The van der Waals surface area contributed by atoms with E-state index < -0.39 is 0 Å². The summed E-state index contributed by atoms with van der Waals surface area (Å²) in [7, 11) is 0. The first-order valence-corrected chi connectivity index (χ1v) is 0. The molecule has 0 saturated carbocycles. The topological polar surface area (TPSA) is 0 Å². The summed E-state index contributed by atoms with van der Waals surface area (Å²) in [6, 6.07) is 0. The second-order valence-electron chi connectivity index (χ2n) is 0. The van der Waals surface area contributed by atoms with Crippen molar-refractivity contribution in [2.24, 2.45) is 0 Å². The number of rotatable bonds is 0. The van der Waals surface area contributed by atoms with Crippen LogP contribution in [-0.4, -0.2) is 17.4 Å². The number of hydrogen-bond acceptors (Lipinski definition) is 0. The summed E-state index contributed by atoms with van der Waals surface area (Å²) in [5.74, 6) is 0. The van der Waals surface area contributed by atoms with Gasteiger partial charge < -0.3 is 0 Å². The van der Waals surface area contributed by atoms with E-state index in [0.717, 1.165) is 0 Å². The van der Waals surface area contributed by atoms with Gasteiger partial charge in [0.15, 0.2) is 0 Å². The average molecular weight is 189 g/mol. The largest absolute Gasteiger partial charge is 0 e. The third kappa shape index (κ3) is 8.86. The molecular formula is AlFeNiTi. The van der Waals surface area contributed by atoms with Crippen molar-refractivity contribution < 1.29 is 55.3 Å². The summed E-state index contributed by atoms with van der Waals surface area (Å²) in [6.07, 6.45) is 0. The zero-order valence-electron chi connectivity index (χ0n) is 1.75. The molecular weight excluding hydrogens is 189 g/mol. The fraction of sp³-hybridized carbons (Fsp3) is 0. The molecule has 0 amide bonds. The Morgan fingerprint density at radius 2 is 1.00 bits per heavy atom. The molecule has 0 atom stereocenters. The molecule has 0 aromatic heterocycles. The molecule has 0 nitrogen and oxygen atoms in total. The molecule has 3 radical (unpaired) electrons. The molecule has 0 fully saturated rings.